The fraction of sp³-hybridized carbons (Fsp3) is 0.389. The van der Waals surface area contributed by atoms with Crippen LogP contribution in [-0.2, 0) is 16.1 Å². The van der Waals surface area contributed by atoms with Crippen LogP contribution in [0.3, 0.4) is 0 Å². The zero-order valence-electron chi connectivity index (χ0n) is 13.6. The first-order valence-corrected chi connectivity index (χ1v) is 8.28. The van der Waals surface area contributed by atoms with Crippen molar-refractivity contribution in [3.05, 3.63) is 43.2 Å². The van der Waals surface area contributed by atoms with Crippen molar-refractivity contribution in [1.29, 1.82) is 0 Å². The van der Waals surface area contributed by atoms with Gasteiger partial charge < -0.3 is 14.8 Å². The minimum atomic E-state index is -0.0548. The highest BCUT2D eigenvalue weighted by Gasteiger charge is 2.26. The Labute approximate surface area is 141 Å². The zero-order valence-corrected chi connectivity index (χ0v) is 13.6. The lowest BCUT2D eigenvalue weighted by molar-refractivity contribution is -0.132. The second-order valence-electron chi connectivity index (χ2n) is 6.02. The number of carbonyl (C=O) groups is 2. The molecule has 3 rings (SSSR count). The largest absolute Gasteiger partial charge is 0.354 e. The molecular weight excluding hydrogens is 304 g/mol. The van der Waals surface area contributed by atoms with E-state index in [9.17, 15) is 9.59 Å². The maximum atomic E-state index is 12.3. The number of aromatic nitrogens is 2. The van der Waals surface area contributed by atoms with E-state index in [4.69, 9.17) is 0 Å². The molecule has 1 aromatic heterocycles. The van der Waals surface area contributed by atoms with Crippen LogP contribution in [0.2, 0.25) is 0 Å². The molecule has 0 radical (unpaired) electrons. The summed E-state index contributed by atoms with van der Waals surface area (Å²) >= 11 is 0. The normalized spacial score (nSPS) is 15.4. The van der Waals surface area contributed by atoms with Crippen molar-refractivity contribution in [3.8, 4) is 0 Å². The minimum Gasteiger partial charge on any atom is -0.354 e. The number of imidazole rings is 1. The predicted octanol–water partition coefficient (Wildman–Crippen LogP) is 1.58. The molecule has 6 nitrogen and oxygen atoms in total. The van der Waals surface area contributed by atoms with Crippen molar-refractivity contribution < 1.29 is 9.59 Å². The van der Waals surface area contributed by atoms with Gasteiger partial charge in [0.25, 0.3) is 0 Å². The van der Waals surface area contributed by atoms with E-state index < -0.39 is 0 Å². The number of piperidine rings is 1. The van der Waals surface area contributed by atoms with Crippen LogP contribution >= 0.6 is 0 Å². The van der Waals surface area contributed by atoms with E-state index in [0.29, 0.717) is 39.0 Å². The highest BCUT2D eigenvalue weighted by Crippen LogP contribution is 2.17. The van der Waals surface area contributed by atoms with Crippen LogP contribution in [0, 0.1) is 5.92 Å². The second-order valence-corrected chi connectivity index (χ2v) is 6.02. The number of carbonyl (C=O) groups excluding carboxylic acids is 2. The second kappa shape index (κ2) is 7.29. The maximum Gasteiger partial charge on any atom is 0.245 e. The lowest BCUT2D eigenvalue weighted by Crippen LogP contribution is -2.43. The van der Waals surface area contributed by atoms with E-state index in [2.05, 4.69) is 16.9 Å². The molecule has 6 heteroatoms. The van der Waals surface area contributed by atoms with Gasteiger partial charge in [-0.15, -0.1) is 0 Å². The van der Waals surface area contributed by atoms with Crippen LogP contribution in [0.15, 0.2) is 43.2 Å². The SMILES string of the molecule is C=CC(=O)N1CCC(C(=O)NCCn2cnc3ccccc32)CC1. The molecule has 1 aromatic carbocycles. The molecule has 2 amide bonds. The zero-order chi connectivity index (χ0) is 16.9. The first-order chi connectivity index (χ1) is 11.7. The Balaban J connectivity index is 1.46. The van der Waals surface area contributed by atoms with Crippen molar-refractivity contribution in [2.75, 3.05) is 19.6 Å². The van der Waals surface area contributed by atoms with Gasteiger partial charge in [-0.25, -0.2) is 4.98 Å². The topological polar surface area (TPSA) is 67.2 Å². The Hall–Kier alpha value is -2.63. The third kappa shape index (κ3) is 3.48. The Bertz CT molecular complexity index is 744. The summed E-state index contributed by atoms with van der Waals surface area (Å²) in [4.78, 5) is 29.9. The summed E-state index contributed by atoms with van der Waals surface area (Å²) in [6.45, 7) is 6.01. The third-order valence-corrected chi connectivity index (χ3v) is 4.53. The van der Waals surface area contributed by atoms with Gasteiger partial charge in [-0.2, -0.15) is 0 Å². The lowest BCUT2D eigenvalue weighted by Gasteiger charge is -2.30. The van der Waals surface area contributed by atoms with E-state index in [1.807, 2.05) is 28.8 Å². The van der Waals surface area contributed by atoms with Crippen molar-refractivity contribution in [1.82, 2.24) is 19.8 Å². The van der Waals surface area contributed by atoms with Crippen LogP contribution < -0.4 is 5.32 Å². The maximum absolute atomic E-state index is 12.3. The molecule has 1 aliphatic heterocycles. The number of fused-ring (bicyclic) bond motifs is 1. The number of para-hydroxylation sites is 2. The number of hydrogen-bond donors (Lipinski definition) is 1. The van der Waals surface area contributed by atoms with Crippen LogP contribution in [0.1, 0.15) is 12.8 Å². The molecule has 0 saturated carbocycles. The number of rotatable bonds is 5. The number of hydrogen-bond acceptors (Lipinski definition) is 3. The molecule has 24 heavy (non-hydrogen) atoms. The van der Waals surface area contributed by atoms with Gasteiger partial charge in [-0.3, -0.25) is 9.59 Å². The Morgan fingerprint density at radius 2 is 2.04 bits per heavy atom. The van der Waals surface area contributed by atoms with Crippen LogP contribution in [-0.4, -0.2) is 45.9 Å². The average molecular weight is 326 g/mol. The summed E-state index contributed by atoms with van der Waals surface area (Å²) in [6.07, 6.45) is 4.55. The molecule has 1 saturated heterocycles. The number of likely N-dealkylation sites (tertiary alicyclic amines) is 1. The van der Waals surface area contributed by atoms with Crippen molar-refractivity contribution in [2.24, 2.45) is 5.92 Å². The van der Waals surface area contributed by atoms with Gasteiger partial charge in [0.15, 0.2) is 0 Å². The molecular formula is C18H22N4O2. The van der Waals surface area contributed by atoms with Crippen LogP contribution in [0.25, 0.3) is 11.0 Å². The van der Waals surface area contributed by atoms with Gasteiger partial charge >= 0.3 is 0 Å². The summed E-state index contributed by atoms with van der Waals surface area (Å²) in [5.41, 5.74) is 2.03. The summed E-state index contributed by atoms with van der Waals surface area (Å²) < 4.78 is 2.04. The predicted molar refractivity (Wildman–Crippen MR) is 92.2 cm³/mol. The molecule has 0 aliphatic carbocycles. The summed E-state index contributed by atoms with van der Waals surface area (Å²) in [5, 5.41) is 3.00. The third-order valence-electron chi connectivity index (χ3n) is 4.53. The smallest absolute Gasteiger partial charge is 0.245 e. The van der Waals surface area contributed by atoms with Gasteiger partial charge in [0.05, 0.1) is 17.4 Å². The highest BCUT2D eigenvalue weighted by molar-refractivity contribution is 5.87. The number of benzene rings is 1. The van der Waals surface area contributed by atoms with Crippen LogP contribution in [0.5, 0.6) is 0 Å². The molecule has 1 fully saturated rings. The van der Waals surface area contributed by atoms with Gasteiger partial charge in [0.2, 0.25) is 11.8 Å². The Morgan fingerprint density at radius 1 is 1.29 bits per heavy atom. The Kier molecular flexibility index (Phi) is 4.93. The molecule has 126 valence electrons. The molecule has 1 N–H and O–H groups in total. The quantitative estimate of drug-likeness (QED) is 0.848. The van der Waals surface area contributed by atoms with Gasteiger partial charge in [-0.1, -0.05) is 18.7 Å². The fourth-order valence-corrected chi connectivity index (χ4v) is 3.12. The van der Waals surface area contributed by atoms with Gasteiger partial charge in [0, 0.05) is 32.1 Å². The lowest BCUT2D eigenvalue weighted by atomic mass is 9.96. The van der Waals surface area contributed by atoms with Crippen molar-refractivity contribution in [2.45, 2.75) is 19.4 Å². The molecule has 0 atom stereocenters. The molecule has 0 bridgehead atoms. The number of nitrogens with one attached hydrogen (secondary N) is 1. The average Bonchev–Trinajstić information content (AvgIpc) is 3.04. The van der Waals surface area contributed by atoms with E-state index >= 15 is 0 Å². The van der Waals surface area contributed by atoms with Gasteiger partial charge in [-0.05, 0) is 31.1 Å². The standard InChI is InChI=1S/C18H22N4O2/c1-2-17(23)21-10-7-14(8-11-21)18(24)19-9-12-22-13-20-15-5-3-4-6-16(15)22/h2-6,13-14H,1,7-12H2,(H,19,24). The molecule has 0 unspecified atom stereocenters. The fourth-order valence-electron chi connectivity index (χ4n) is 3.12. The van der Waals surface area contributed by atoms with Gasteiger partial charge in [0.1, 0.15) is 0 Å². The summed E-state index contributed by atoms with van der Waals surface area (Å²) in [7, 11) is 0. The van der Waals surface area contributed by atoms with Crippen molar-refractivity contribution in [3.63, 3.8) is 0 Å². The monoisotopic (exact) mass is 326 g/mol. The minimum absolute atomic E-state index is 0.0154. The number of amides is 2. The Morgan fingerprint density at radius 3 is 2.79 bits per heavy atom. The molecule has 0 spiro atoms. The highest BCUT2D eigenvalue weighted by atomic mass is 16.2. The van der Waals surface area contributed by atoms with Crippen LogP contribution in [0.4, 0.5) is 0 Å². The van der Waals surface area contributed by atoms with E-state index in [-0.39, 0.29) is 17.7 Å². The molecule has 2 aromatic rings. The first kappa shape index (κ1) is 16.2. The van der Waals surface area contributed by atoms with E-state index in [0.717, 1.165) is 11.0 Å². The summed E-state index contributed by atoms with van der Waals surface area (Å²) in [6, 6.07) is 7.95. The van der Waals surface area contributed by atoms with E-state index in [1.165, 1.54) is 6.08 Å². The summed E-state index contributed by atoms with van der Waals surface area (Å²) in [5.74, 6) is 0.00404. The van der Waals surface area contributed by atoms with Crippen molar-refractivity contribution >= 4 is 22.8 Å². The first-order valence-electron chi connectivity index (χ1n) is 8.28. The molecule has 1 aliphatic rings. The van der Waals surface area contributed by atoms with E-state index in [1.54, 1.807) is 11.2 Å². The molecule has 2 heterocycles. The number of nitrogens with zero attached hydrogens (tertiary/aromatic N) is 3.